The normalized spacial score (nSPS) is 12.1. The molecule has 130 valence electrons. The maximum atomic E-state index is 12.0. The van der Waals surface area contributed by atoms with Gasteiger partial charge in [0.1, 0.15) is 0 Å². The van der Waals surface area contributed by atoms with E-state index in [9.17, 15) is 4.79 Å². The smallest absolute Gasteiger partial charge is 0.277 e. The Morgan fingerprint density at radius 2 is 2.21 bits per heavy atom. The van der Waals surface area contributed by atoms with Crippen molar-refractivity contribution in [2.75, 3.05) is 5.75 Å². The molecule has 24 heavy (non-hydrogen) atoms. The molecule has 1 aromatic carbocycles. The highest BCUT2D eigenvalue weighted by molar-refractivity contribution is 9.10. The van der Waals surface area contributed by atoms with Gasteiger partial charge in [-0.2, -0.15) is 0 Å². The summed E-state index contributed by atoms with van der Waals surface area (Å²) in [6.07, 6.45) is 4.55. The van der Waals surface area contributed by atoms with Gasteiger partial charge in [0, 0.05) is 16.1 Å². The van der Waals surface area contributed by atoms with Crippen molar-refractivity contribution < 1.29 is 9.21 Å². The Labute approximate surface area is 155 Å². The van der Waals surface area contributed by atoms with E-state index >= 15 is 0 Å². The molecule has 0 aliphatic carbocycles. The molecular weight excluding hydrogens is 390 g/mol. The summed E-state index contributed by atoms with van der Waals surface area (Å²) in [5.74, 6) is 0.719. The minimum atomic E-state index is -0.00814. The van der Waals surface area contributed by atoms with Crippen molar-refractivity contribution in [2.24, 2.45) is 0 Å². The largest absolute Gasteiger partial charge is 0.411 e. The van der Waals surface area contributed by atoms with Crippen molar-refractivity contribution in [3.8, 4) is 11.5 Å². The Morgan fingerprint density at radius 3 is 2.96 bits per heavy atom. The Bertz CT molecular complexity index is 663. The van der Waals surface area contributed by atoms with Crippen LogP contribution in [0.2, 0.25) is 0 Å². The Hall–Kier alpha value is -1.34. The third-order valence-electron chi connectivity index (χ3n) is 3.45. The molecule has 1 heterocycles. The van der Waals surface area contributed by atoms with Gasteiger partial charge in [0.05, 0.1) is 5.75 Å². The van der Waals surface area contributed by atoms with Crippen LogP contribution in [0.5, 0.6) is 0 Å². The van der Waals surface area contributed by atoms with E-state index in [0.29, 0.717) is 11.1 Å². The zero-order chi connectivity index (χ0) is 17.4. The monoisotopic (exact) mass is 411 g/mol. The number of carbonyl (C=O) groups is 1. The van der Waals surface area contributed by atoms with Gasteiger partial charge in [0.25, 0.3) is 5.22 Å². The summed E-state index contributed by atoms with van der Waals surface area (Å²) in [5.41, 5.74) is 0.845. The summed E-state index contributed by atoms with van der Waals surface area (Å²) in [5, 5.41) is 11.4. The molecule has 0 saturated heterocycles. The molecule has 7 heteroatoms. The van der Waals surface area contributed by atoms with Crippen LogP contribution in [-0.2, 0) is 4.79 Å². The fourth-order valence-corrected chi connectivity index (χ4v) is 3.20. The molecule has 0 fully saturated rings. The van der Waals surface area contributed by atoms with Crippen LogP contribution < -0.4 is 5.32 Å². The summed E-state index contributed by atoms with van der Waals surface area (Å²) in [6.45, 7) is 4.21. The first-order chi connectivity index (χ1) is 11.6. The van der Waals surface area contributed by atoms with E-state index in [4.69, 9.17) is 4.42 Å². The number of nitrogens with zero attached hydrogens (tertiary/aromatic N) is 2. The fraction of sp³-hybridized carbons (Fsp3) is 0.471. The van der Waals surface area contributed by atoms with Gasteiger partial charge in [-0.25, -0.2) is 0 Å². The average molecular weight is 412 g/mol. The number of benzene rings is 1. The molecule has 0 aliphatic heterocycles. The van der Waals surface area contributed by atoms with Gasteiger partial charge in [-0.05, 0) is 31.5 Å². The molecule has 1 aromatic heterocycles. The molecule has 0 radical (unpaired) electrons. The Balaban J connectivity index is 1.79. The van der Waals surface area contributed by atoms with Crippen molar-refractivity contribution in [3.63, 3.8) is 0 Å². The van der Waals surface area contributed by atoms with Crippen LogP contribution in [0, 0.1) is 0 Å². The van der Waals surface area contributed by atoms with E-state index < -0.39 is 0 Å². The summed E-state index contributed by atoms with van der Waals surface area (Å²) < 4.78 is 6.55. The minimum absolute atomic E-state index is 0.00814. The zero-order valence-corrected chi connectivity index (χ0v) is 16.3. The number of rotatable bonds is 9. The van der Waals surface area contributed by atoms with Crippen LogP contribution in [0.15, 0.2) is 38.4 Å². The maximum Gasteiger partial charge on any atom is 0.277 e. The van der Waals surface area contributed by atoms with Gasteiger partial charge in [-0.15, -0.1) is 10.2 Å². The van der Waals surface area contributed by atoms with Crippen molar-refractivity contribution in [3.05, 3.63) is 28.7 Å². The molecule has 0 unspecified atom stereocenters. The van der Waals surface area contributed by atoms with Gasteiger partial charge in [-0.1, -0.05) is 59.9 Å². The van der Waals surface area contributed by atoms with E-state index in [2.05, 4.69) is 38.4 Å². The molecule has 2 aromatic rings. The molecule has 1 amide bonds. The number of hydrogen-bond donors (Lipinski definition) is 1. The Morgan fingerprint density at radius 1 is 1.38 bits per heavy atom. The van der Waals surface area contributed by atoms with Crippen LogP contribution in [0.1, 0.15) is 39.5 Å². The second-order valence-electron chi connectivity index (χ2n) is 5.64. The molecule has 0 bridgehead atoms. The number of amides is 1. The minimum Gasteiger partial charge on any atom is -0.411 e. The lowest BCUT2D eigenvalue weighted by Crippen LogP contribution is -2.33. The molecule has 0 saturated carbocycles. The highest BCUT2D eigenvalue weighted by Gasteiger charge is 2.12. The van der Waals surface area contributed by atoms with Gasteiger partial charge < -0.3 is 9.73 Å². The van der Waals surface area contributed by atoms with Gasteiger partial charge in [-0.3, -0.25) is 4.79 Å². The van der Waals surface area contributed by atoms with Gasteiger partial charge in [0.2, 0.25) is 11.8 Å². The number of hydrogen-bond acceptors (Lipinski definition) is 5. The van der Waals surface area contributed by atoms with Crippen LogP contribution >= 0.6 is 27.7 Å². The molecule has 5 nitrogen and oxygen atoms in total. The van der Waals surface area contributed by atoms with E-state index in [1.807, 2.05) is 31.2 Å². The van der Waals surface area contributed by atoms with Gasteiger partial charge in [0.15, 0.2) is 0 Å². The van der Waals surface area contributed by atoms with Crippen LogP contribution in [0.3, 0.4) is 0 Å². The van der Waals surface area contributed by atoms with E-state index in [-0.39, 0.29) is 17.7 Å². The average Bonchev–Trinajstić information content (AvgIpc) is 3.02. The highest BCUT2D eigenvalue weighted by Crippen LogP contribution is 2.25. The SMILES string of the molecule is CCCCC[C@H](C)NC(=O)CSc1nnc(-c2cccc(Br)c2)o1. The summed E-state index contributed by atoms with van der Waals surface area (Å²) in [4.78, 5) is 12.0. The quantitative estimate of drug-likeness (QED) is 0.479. The number of thioether (sulfide) groups is 1. The van der Waals surface area contributed by atoms with Crippen LogP contribution in [0.25, 0.3) is 11.5 Å². The first-order valence-electron chi connectivity index (χ1n) is 8.10. The summed E-state index contributed by atoms with van der Waals surface area (Å²) in [7, 11) is 0. The lowest BCUT2D eigenvalue weighted by Gasteiger charge is -2.12. The van der Waals surface area contributed by atoms with E-state index in [1.54, 1.807) is 0 Å². The second kappa shape index (κ2) is 9.84. The van der Waals surface area contributed by atoms with Crippen molar-refractivity contribution in [1.82, 2.24) is 15.5 Å². The lowest BCUT2D eigenvalue weighted by molar-refractivity contribution is -0.119. The first-order valence-corrected chi connectivity index (χ1v) is 9.88. The van der Waals surface area contributed by atoms with E-state index in [0.717, 1.165) is 22.9 Å². The molecule has 1 N–H and O–H groups in total. The highest BCUT2D eigenvalue weighted by atomic mass is 79.9. The van der Waals surface area contributed by atoms with Gasteiger partial charge >= 0.3 is 0 Å². The molecule has 1 atom stereocenters. The third kappa shape index (κ3) is 6.28. The van der Waals surface area contributed by atoms with Crippen LogP contribution in [-0.4, -0.2) is 27.9 Å². The molecule has 2 rings (SSSR count). The predicted molar refractivity (Wildman–Crippen MR) is 99.9 cm³/mol. The number of carbonyl (C=O) groups excluding carboxylic acids is 1. The number of aromatic nitrogens is 2. The fourth-order valence-electron chi connectivity index (χ4n) is 2.22. The molecule has 0 spiro atoms. The second-order valence-corrected chi connectivity index (χ2v) is 7.48. The van der Waals surface area contributed by atoms with Crippen molar-refractivity contribution in [2.45, 2.75) is 50.8 Å². The number of unbranched alkanes of at least 4 members (excludes halogenated alkanes) is 2. The molecule has 0 aliphatic rings. The summed E-state index contributed by atoms with van der Waals surface area (Å²) in [6, 6.07) is 7.85. The summed E-state index contributed by atoms with van der Waals surface area (Å²) >= 11 is 4.67. The standard InChI is InChI=1S/C17H22BrN3O2S/c1-3-4-5-7-12(2)19-15(22)11-24-17-21-20-16(23-17)13-8-6-9-14(18)10-13/h6,8-10,12H,3-5,7,11H2,1-2H3,(H,19,22)/t12-/m0/s1. The first kappa shape index (κ1) is 19.0. The van der Waals surface area contributed by atoms with E-state index in [1.165, 1.54) is 24.6 Å². The van der Waals surface area contributed by atoms with Crippen LogP contribution in [0.4, 0.5) is 0 Å². The molecular formula is C17H22BrN3O2S. The maximum absolute atomic E-state index is 12.0. The van der Waals surface area contributed by atoms with Crippen molar-refractivity contribution >= 4 is 33.6 Å². The predicted octanol–water partition coefficient (Wildman–Crippen LogP) is 4.68. The topological polar surface area (TPSA) is 68.0 Å². The van der Waals surface area contributed by atoms with Crippen molar-refractivity contribution in [1.29, 1.82) is 0 Å². The Kier molecular flexibility index (Phi) is 7.78. The lowest BCUT2D eigenvalue weighted by atomic mass is 10.1. The number of nitrogens with one attached hydrogen (secondary N) is 1. The zero-order valence-electron chi connectivity index (χ0n) is 13.9. The third-order valence-corrected chi connectivity index (χ3v) is 4.76. The number of halogens is 1.